The quantitative estimate of drug-likeness (QED) is 0.380. The van der Waals surface area contributed by atoms with E-state index in [1.54, 1.807) is 12.2 Å². The lowest BCUT2D eigenvalue weighted by molar-refractivity contribution is -0.123. The molecule has 1 rings (SSSR count). The highest BCUT2D eigenvalue weighted by atomic mass is 35.5. The molecule has 2 atom stereocenters. The topological polar surface area (TPSA) is 50.4 Å². The van der Waals surface area contributed by atoms with Crippen molar-refractivity contribution >= 4 is 29.1 Å². The molecule has 124 valence electrons. The summed E-state index contributed by atoms with van der Waals surface area (Å²) >= 11 is 11.4. The zero-order valence-electron chi connectivity index (χ0n) is 13.3. The minimum Gasteiger partial charge on any atom is -0.356 e. The third-order valence-electron chi connectivity index (χ3n) is 3.94. The van der Waals surface area contributed by atoms with Crippen LogP contribution in [0.3, 0.4) is 0 Å². The lowest BCUT2D eigenvalue weighted by Gasteiger charge is -2.08. The van der Waals surface area contributed by atoms with Crippen LogP contribution in [0.25, 0.3) is 0 Å². The standard InChI is InChI=1S/C16H24Cl2N2O2/c1-5-11(6-2)20-22-9-7-8-19-15(21)14-12(10-13(17)18)16(14,3)4/h5-6,10,12,14,20H,1,7-9H2,2-4H3,(H,19,21)/b11-6+. The predicted octanol–water partition coefficient (Wildman–Crippen LogP) is 3.69. The SMILES string of the molecule is C=C/C(=C\C)NOCCCNC(=O)C1C(C=C(Cl)Cl)C1(C)C. The molecular weight excluding hydrogens is 323 g/mol. The van der Waals surface area contributed by atoms with Crippen LogP contribution in [0.15, 0.2) is 35.0 Å². The highest BCUT2D eigenvalue weighted by Crippen LogP contribution is 2.59. The van der Waals surface area contributed by atoms with Gasteiger partial charge in [-0.05, 0) is 36.8 Å². The maximum absolute atomic E-state index is 12.1. The fourth-order valence-corrected chi connectivity index (χ4v) is 2.72. The Bertz CT molecular complexity index is 469. The van der Waals surface area contributed by atoms with E-state index in [-0.39, 0.29) is 27.6 Å². The summed E-state index contributed by atoms with van der Waals surface area (Å²) in [5.74, 6) is 0.0590. The van der Waals surface area contributed by atoms with Gasteiger partial charge in [0.15, 0.2) is 0 Å². The second-order valence-electron chi connectivity index (χ2n) is 5.82. The van der Waals surface area contributed by atoms with Gasteiger partial charge in [-0.2, -0.15) is 0 Å². The number of carbonyl (C=O) groups is 1. The molecule has 1 aliphatic carbocycles. The molecule has 4 nitrogen and oxygen atoms in total. The van der Waals surface area contributed by atoms with E-state index in [1.165, 1.54) is 0 Å². The Morgan fingerprint density at radius 1 is 1.41 bits per heavy atom. The molecule has 22 heavy (non-hydrogen) atoms. The van der Waals surface area contributed by atoms with Crippen LogP contribution in [0, 0.1) is 17.3 Å². The van der Waals surface area contributed by atoms with Gasteiger partial charge in [0.05, 0.1) is 18.2 Å². The molecule has 2 N–H and O–H groups in total. The minimum absolute atomic E-state index is 0.0361. The molecule has 0 aromatic rings. The van der Waals surface area contributed by atoms with Crippen molar-refractivity contribution in [3.05, 3.63) is 35.0 Å². The van der Waals surface area contributed by atoms with Crippen molar-refractivity contribution in [2.45, 2.75) is 27.2 Å². The summed E-state index contributed by atoms with van der Waals surface area (Å²) < 4.78 is 0.217. The van der Waals surface area contributed by atoms with Crippen LogP contribution in [0.2, 0.25) is 0 Å². The highest BCUT2D eigenvalue weighted by molar-refractivity contribution is 6.55. The van der Waals surface area contributed by atoms with Crippen LogP contribution >= 0.6 is 23.2 Å². The van der Waals surface area contributed by atoms with Crippen molar-refractivity contribution in [1.29, 1.82) is 0 Å². The Morgan fingerprint density at radius 2 is 2.09 bits per heavy atom. The molecule has 1 amide bonds. The molecule has 0 aliphatic heterocycles. The first-order chi connectivity index (χ1) is 10.3. The van der Waals surface area contributed by atoms with Gasteiger partial charge in [0.1, 0.15) is 4.49 Å². The van der Waals surface area contributed by atoms with Crippen molar-refractivity contribution in [2.24, 2.45) is 17.3 Å². The van der Waals surface area contributed by atoms with Gasteiger partial charge >= 0.3 is 0 Å². The number of hydrogen-bond acceptors (Lipinski definition) is 3. The zero-order chi connectivity index (χ0) is 16.8. The van der Waals surface area contributed by atoms with E-state index in [2.05, 4.69) is 17.4 Å². The molecule has 0 saturated heterocycles. The van der Waals surface area contributed by atoms with Gasteiger partial charge in [0, 0.05) is 6.54 Å². The molecular formula is C16H24Cl2N2O2. The van der Waals surface area contributed by atoms with Crippen molar-refractivity contribution in [3.8, 4) is 0 Å². The predicted molar refractivity (Wildman–Crippen MR) is 91.2 cm³/mol. The summed E-state index contributed by atoms with van der Waals surface area (Å²) in [7, 11) is 0. The maximum atomic E-state index is 12.1. The van der Waals surface area contributed by atoms with Crippen LogP contribution in [0.5, 0.6) is 0 Å². The molecule has 0 radical (unpaired) electrons. The smallest absolute Gasteiger partial charge is 0.224 e. The average molecular weight is 347 g/mol. The van der Waals surface area contributed by atoms with Gasteiger partial charge in [-0.3, -0.25) is 15.1 Å². The molecule has 6 heteroatoms. The second-order valence-corrected chi connectivity index (χ2v) is 6.83. The monoisotopic (exact) mass is 346 g/mol. The number of carbonyl (C=O) groups excluding carboxylic acids is 1. The molecule has 0 aromatic carbocycles. The molecule has 1 saturated carbocycles. The van der Waals surface area contributed by atoms with Gasteiger partial charge in [0.2, 0.25) is 5.91 Å². The number of halogens is 2. The van der Waals surface area contributed by atoms with Crippen molar-refractivity contribution in [2.75, 3.05) is 13.2 Å². The lowest BCUT2D eigenvalue weighted by atomic mass is 10.1. The summed E-state index contributed by atoms with van der Waals surface area (Å²) in [6.45, 7) is 10.7. The Balaban J connectivity index is 2.22. The third kappa shape index (κ3) is 5.34. The van der Waals surface area contributed by atoms with E-state index in [0.717, 1.165) is 12.1 Å². The van der Waals surface area contributed by atoms with Crippen LogP contribution in [0.4, 0.5) is 0 Å². The van der Waals surface area contributed by atoms with Crippen LogP contribution in [-0.2, 0) is 9.63 Å². The molecule has 2 unspecified atom stereocenters. The van der Waals surface area contributed by atoms with Crippen LogP contribution < -0.4 is 10.8 Å². The van der Waals surface area contributed by atoms with E-state index < -0.39 is 0 Å². The minimum atomic E-state index is -0.0953. The summed E-state index contributed by atoms with van der Waals surface area (Å²) in [5.41, 5.74) is 3.50. The van der Waals surface area contributed by atoms with Gasteiger partial charge in [0.25, 0.3) is 0 Å². The van der Waals surface area contributed by atoms with E-state index in [4.69, 9.17) is 28.0 Å². The van der Waals surface area contributed by atoms with Gasteiger partial charge in [-0.15, -0.1) is 0 Å². The Kier molecular flexibility index (Phi) is 7.46. The van der Waals surface area contributed by atoms with E-state index in [9.17, 15) is 4.79 Å². The van der Waals surface area contributed by atoms with Crippen LogP contribution in [-0.4, -0.2) is 19.1 Å². The number of allylic oxidation sites excluding steroid dienone is 3. The average Bonchev–Trinajstić information content (AvgIpc) is 2.98. The summed E-state index contributed by atoms with van der Waals surface area (Å²) in [6, 6.07) is 0. The van der Waals surface area contributed by atoms with Crippen molar-refractivity contribution in [1.82, 2.24) is 10.8 Å². The van der Waals surface area contributed by atoms with Gasteiger partial charge < -0.3 is 5.32 Å². The fourth-order valence-electron chi connectivity index (χ4n) is 2.44. The summed E-state index contributed by atoms with van der Waals surface area (Å²) in [6.07, 6.45) is 6.00. The number of hydroxylamine groups is 1. The number of rotatable bonds is 9. The first-order valence-corrected chi connectivity index (χ1v) is 8.07. The highest BCUT2D eigenvalue weighted by Gasteiger charge is 2.60. The zero-order valence-corrected chi connectivity index (χ0v) is 14.8. The second kappa shape index (κ2) is 8.61. The first-order valence-electron chi connectivity index (χ1n) is 7.31. The molecule has 1 fully saturated rings. The normalized spacial score (nSPS) is 22.7. The summed E-state index contributed by atoms with van der Waals surface area (Å²) in [4.78, 5) is 17.4. The van der Waals surface area contributed by atoms with Gasteiger partial charge in [-0.25, -0.2) is 0 Å². The third-order valence-corrected chi connectivity index (χ3v) is 4.19. The molecule has 0 heterocycles. The van der Waals surface area contributed by atoms with Crippen LogP contribution in [0.1, 0.15) is 27.2 Å². The largest absolute Gasteiger partial charge is 0.356 e. The first kappa shape index (κ1) is 19.1. The maximum Gasteiger partial charge on any atom is 0.224 e. The number of nitrogens with one attached hydrogen (secondary N) is 2. The van der Waals surface area contributed by atoms with Crippen molar-refractivity contribution in [3.63, 3.8) is 0 Å². The van der Waals surface area contributed by atoms with Gasteiger partial charge in [-0.1, -0.05) is 49.7 Å². The lowest BCUT2D eigenvalue weighted by Crippen LogP contribution is -2.29. The Labute approximate surface area is 142 Å². The van der Waals surface area contributed by atoms with E-state index >= 15 is 0 Å². The molecule has 1 aliphatic rings. The Hall–Kier alpha value is -0.970. The molecule has 0 spiro atoms. The van der Waals surface area contributed by atoms with Crippen molar-refractivity contribution < 1.29 is 9.63 Å². The Morgan fingerprint density at radius 3 is 2.64 bits per heavy atom. The van der Waals surface area contributed by atoms with E-state index in [0.29, 0.717) is 13.2 Å². The molecule has 0 aromatic heterocycles. The number of amides is 1. The van der Waals surface area contributed by atoms with E-state index in [1.807, 2.05) is 26.8 Å². The summed E-state index contributed by atoms with van der Waals surface area (Å²) in [5, 5.41) is 2.92. The number of hydrogen-bond donors (Lipinski definition) is 2. The fraction of sp³-hybridized carbons (Fsp3) is 0.562. The molecule has 0 bridgehead atoms.